The van der Waals surface area contributed by atoms with E-state index in [-0.39, 0.29) is 12.0 Å². The highest BCUT2D eigenvalue weighted by atomic mass is 16.3. The molecule has 0 radical (unpaired) electrons. The van der Waals surface area contributed by atoms with Gasteiger partial charge in [-0.25, -0.2) is 0 Å². The van der Waals surface area contributed by atoms with Crippen LogP contribution in [0.2, 0.25) is 0 Å². The van der Waals surface area contributed by atoms with Crippen LogP contribution >= 0.6 is 0 Å². The summed E-state index contributed by atoms with van der Waals surface area (Å²) in [6.45, 7) is 5.09. The van der Waals surface area contributed by atoms with Gasteiger partial charge in [0.15, 0.2) is 0 Å². The summed E-state index contributed by atoms with van der Waals surface area (Å²) in [6.07, 6.45) is 1.93. The molecule has 1 aliphatic heterocycles. The number of amides is 1. The van der Waals surface area contributed by atoms with Crippen LogP contribution in [0.3, 0.4) is 0 Å². The molecule has 0 bridgehead atoms. The number of carbonyl (C=O) groups excluding carboxylic acids is 1. The zero-order valence-corrected chi connectivity index (χ0v) is 8.65. The monoisotopic (exact) mass is 198 g/mol. The lowest BCUT2D eigenvalue weighted by molar-refractivity contribution is -0.132. The van der Waals surface area contributed by atoms with Crippen molar-refractivity contribution in [1.29, 1.82) is 0 Å². The van der Waals surface area contributed by atoms with E-state index in [4.69, 9.17) is 0 Å². The SMILES string of the molecule is CC(=O)N1CCN(C2CCC2O)CC1. The van der Waals surface area contributed by atoms with E-state index in [0.29, 0.717) is 6.04 Å². The van der Waals surface area contributed by atoms with Gasteiger partial charge in [0, 0.05) is 39.1 Å². The van der Waals surface area contributed by atoms with Crippen LogP contribution in [0.5, 0.6) is 0 Å². The second-order valence-corrected chi connectivity index (χ2v) is 4.25. The highest BCUT2D eigenvalue weighted by Crippen LogP contribution is 2.26. The Bertz CT molecular complexity index is 224. The molecule has 2 atom stereocenters. The van der Waals surface area contributed by atoms with Crippen molar-refractivity contribution in [2.45, 2.75) is 31.9 Å². The summed E-state index contributed by atoms with van der Waals surface area (Å²) in [5.41, 5.74) is 0. The first-order valence-electron chi connectivity index (χ1n) is 5.36. The lowest BCUT2D eigenvalue weighted by Gasteiger charge is -2.45. The minimum atomic E-state index is -0.126. The Balaban J connectivity index is 1.81. The fraction of sp³-hybridized carbons (Fsp3) is 0.900. The molecule has 2 rings (SSSR count). The zero-order chi connectivity index (χ0) is 10.1. The Labute approximate surface area is 84.5 Å². The molecule has 0 aromatic rings. The molecule has 80 valence electrons. The number of hydrogen-bond acceptors (Lipinski definition) is 3. The molecule has 2 unspecified atom stereocenters. The van der Waals surface area contributed by atoms with Gasteiger partial charge < -0.3 is 10.0 Å². The summed E-state index contributed by atoms with van der Waals surface area (Å²) in [6, 6.07) is 0.365. The van der Waals surface area contributed by atoms with Crippen molar-refractivity contribution >= 4 is 5.91 Å². The average Bonchev–Trinajstić information content (AvgIpc) is 2.16. The fourth-order valence-electron chi connectivity index (χ4n) is 2.26. The summed E-state index contributed by atoms with van der Waals surface area (Å²) in [5.74, 6) is 0.166. The average molecular weight is 198 g/mol. The van der Waals surface area contributed by atoms with Crippen molar-refractivity contribution in [1.82, 2.24) is 9.80 Å². The van der Waals surface area contributed by atoms with E-state index in [1.807, 2.05) is 4.90 Å². The van der Waals surface area contributed by atoms with Crippen LogP contribution in [-0.2, 0) is 4.79 Å². The Morgan fingerprint density at radius 1 is 1.21 bits per heavy atom. The maximum absolute atomic E-state index is 11.1. The number of nitrogens with zero attached hydrogens (tertiary/aromatic N) is 2. The quantitative estimate of drug-likeness (QED) is 0.627. The van der Waals surface area contributed by atoms with Gasteiger partial charge in [0.2, 0.25) is 5.91 Å². The first kappa shape index (κ1) is 9.93. The van der Waals surface area contributed by atoms with Crippen LogP contribution in [0.15, 0.2) is 0 Å². The molecule has 14 heavy (non-hydrogen) atoms. The molecule has 1 heterocycles. The maximum atomic E-state index is 11.1. The molecular weight excluding hydrogens is 180 g/mol. The normalized spacial score (nSPS) is 34.0. The topological polar surface area (TPSA) is 43.8 Å². The Morgan fingerprint density at radius 2 is 1.86 bits per heavy atom. The van der Waals surface area contributed by atoms with Crippen LogP contribution in [0.1, 0.15) is 19.8 Å². The largest absolute Gasteiger partial charge is 0.391 e. The molecule has 0 aromatic heterocycles. The second-order valence-electron chi connectivity index (χ2n) is 4.25. The molecule has 1 saturated heterocycles. The highest BCUT2D eigenvalue weighted by Gasteiger charge is 2.35. The number of aliphatic hydroxyl groups excluding tert-OH is 1. The van der Waals surface area contributed by atoms with Crippen LogP contribution < -0.4 is 0 Å². The molecule has 0 aromatic carbocycles. The van der Waals surface area contributed by atoms with E-state index in [0.717, 1.165) is 39.0 Å². The Kier molecular flexibility index (Phi) is 2.74. The first-order valence-corrected chi connectivity index (χ1v) is 5.36. The molecule has 4 nitrogen and oxygen atoms in total. The van der Waals surface area contributed by atoms with Gasteiger partial charge >= 0.3 is 0 Å². The van der Waals surface area contributed by atoms with Gasteiger partial charge in [-0.2, -0.15) is 0 Å². The van der Waals surface area contributed by atoms with E-state index in [1.165, 1.54) is 0 Å². The fourth-order valence-corrected chi connectivity index (χ4v) is 2.26. The molecule has 0 spiro atoms. The number of rotatable bonds is 1. The molecule has 4 heteroatoms. The van der Waals surface area contributed by atoms with Crippen molar-refractivity contribution in [3.8, 4) is 0 Å². The van der Waals surface area contributed by atoms with Crippen molar-refractivity contribution in [3.05, 3.63) is 0 Å². The Morgan fingerprint density at radius 3 is 2.21 bits per heavy atom. The molecular formula is C10H18N2O2. The lowest BCUT2D eigenvalue weighted by atomic mass is 9.87. The van der Waals surface area contributed by atoms with Gasteiger partial charge in [-0.1, -0.05) is 0 Å². The molecule has 1 aliphatic carbocycles. The van der Waals surface area contributed by atoms with Crippen molar-refractivity contribution < 1.29 is 9.90 Å². The van der Waals surface area contributed by atoms with Gasteiger partial charge in [-0.15, -0.1) is 0 Å². The van der Waals surface area contributed by atoms with Gasteiger partial charge in [-0.05, 0) is 12.8 Å². The number of hydrogen-bond donors (Lipinski definition) is 1. The van der Waals surface area contributed by atoms with Crippen LogP contribution in [-0.4, -0.2) is 59.1 Å². The number of aliphatic hydroxyl groups is 1. The summed E-state index contributed by atoms with van der Waals surface area (Å²) in [4.78, 5) is 15.3. The van der Waals surface area contributed by atoms with Crippen LogP contribution in [0.4, 0.5) is 0 Å². The van der Waals surface area contributed by atoms with Crippen molar-refractivity contribution in [2.24, 2.45) is 0 Å². The summed E-state index contributed by atoms with van der Waals surface area (Å²) in [7, 11) is 0. The first-order chi connectivity index (χ1) is 6.68. The standard InChI is InChI=1S/C10H18N2O2/c1-8(13)11-4-6-12(7-5-11)9-2-3-10(9)14/h9-10,14H,2-7H2,1H3. The maximum Gasteiger partial charge on any atom is 0.219 e. The third-order valence-electron chi connectivity index (χ3n) is 3.43. The summed E-state index contributed by atoms with van der Waals surface area (Å²) >= 11 is 0. The number of piperazine rings is 1. The van der Waals surface area contributed by atoms with Crippen molar-refractivity contribution in [3.63, 3.8) is 0 Å². The van der Waals surface area contributed by atoms with E-state index in [9.17, 15) is 9.90 Å². The third kappa shape index (κ3) is 1.77. The highest BCUT2D eigenvalue weighted by molar-refractivity contribution is 5.73. The van der Waals surface area contributed by atoms with Gasteiger partial charge in [0.05, 0.1) is 6.10 Å². The minimum absolute atomic E-state index is 0.126. The van der Waals surface area contributed by atoms with Gasteiger partial charge in [0.25, 0.3) is 0 Å². The summed E-state index contributed by atoms with van der Waals surface area (Å²) in [5, 5.41) is 9.51. The van der Waals surface area contributed by atoms with Crippen LogP contribution in [0.25, 0.3) is 0 Å². The molecule has 1 N–H and O–H groups in total. The van der Waals surface area contributed by atoms with Gasteiger partial charge in [-0.3, -0.25) is 9.69 Å². The Hall–Kier alpha value is -0.610. The molecule has 2 aliphatic rings. The van der Waals surface area contributed by atoms with Crippen molar-refractivity contribution in [2.75, 3.05) is 26.2 Å². The van der Waals surface area contributed by atoms with E-state index in [2.05, 4.69) is 4.90 Å². The molecule has 1 saturated carbocycles. The molecule has 2 fully saturated rings. The second kappa shape index (κ2) is 3.87. The zero-order valence-electron chi connectivity index (χ0n) is 8.65. The number of carbonyl (C=O) groups is 1. The summed E-state index contributed by atoms with van der Waals surface area (Å²) < 4.78 is 0. The smallest absolute Gasteiger partial charge is 0.219 e. The third-order valence-corrected chi connectivity index (χ3v) is 3.43. The van der Waals surface area contributed by atoms with E-state index < -0.39 is 0 Å². The van der Waals surface area contributed by atoms with Crippen LogP contribution in [0, 0.1) is 0 Å². The minimum Gasteiger partial charge on any atom is -0.391 e. The predicted octanol–water partition coefficient (Wildman–Crippen LogP) is -0.326. The van der Waals surface area contributed by atoms with E-state index >= 15 is 0 Å². The van der Waals surface area contributed by atoms with Gasteiger partial charge in [0.1, 0.15) is 0 Å². The molecule has 1 amide bonds. The lowest BCUT2D eigenvalue weighted by Crippen LogP contribution is -2.57. The predicted molar refractivity (Wildman–Crippen MR) is 52.9 cm³/mol. The van der Waals surface area contributed by atoms with E-state index in [1.54, 1.807) is 6.92 Å².